The zero-order valence-corrected chi connectivity index (χ0v) is 13.2. The van der Waals surface area contributed by atoms with E-state index < -0.39 is 5.54 Å². The van der Waals surface area contributed by atoms with Crippen LogP contribution in [0.15, 0.2) is 47.1 Å². The van der Waals surface area contributed by atoms with E-state index >= 15 is 0 Å². The molecule has 0 bridgehead atoms. The Labute approximate surface area is 139 Å². The second kappa shape index (κ2) is 6.88. The van der Waals surface area contributed by atoms with Gasteiger partial charge in [0.05, 0.1) is 18.4 Å². The molecular weight excluding hydrogens is 308 g/mol. The van der Waals surface area contributed by atoms with Crippen LogP contribution in [-0.4, -0.2) is 29.1 Å². The number of rotatable bonds is 5. The predicted octanol–water partition coefficient (Wildman–Crippen LogP) is 2.57. The maximum atomic E-state index is 12.4. The van der Waals surface area contributed by atoms with Crippen molar-refractivity contribution in [3.8, 4) is 0 Å². The molecule has 0 saturated heterocycles. The van der Waals surface area contributed by atoms with Gasteiger partial charge in [-0.05, 0) is 49.2 Å². The number of anilines is 1. The lowest BCUT2D eigenvalue weighted by atomic mass is 9.98. The third-order valence-corrected chi connectivity index (χ3v) is 4.39. The molecule has 1 saturated carbocycles. The van der Waals surface area contributed by atoms with Crippen molar-refractivity contribution in [2.45, 2.75) is 31.2 Å². The fourth-order valence-electron chi connectivity index (χ4n) is 2.99. The highest BCUT2D eigenvalue weighted by atomic mass is 16.3. The molecule has 3 N–H and O–H groups in total. The zero-order chi connectivity index (χ0) is 17.0. The first-order valence-corrected chi connectivity index (χ1v) is 8.00. The first-order chi connectivity index (χ1) is 11.6. The minimum atomic E-state index is -0.497. The quantitative estimate of drug-likeness (QED) is 0.786. The number of hydrogen-bond donors (Lipinski definition) is 3. The molecule has 1 aromatic heterocycles. The number of nitrogens with one attached hydrogen (secondary N) is 2. The van der Waals surface area contributed by atoms with Crippen molar-refractivity contribution in [3.63, 3.8) is 0 Å². The van der Waals surface area contributed by atoms with Crippen LogP contribution in [0.25, 0.3) is 0 Å². The van der Waals surface area contributed by atoms with E-state index in [-0.39, 0.29) is 24.2 Å². The van der Waals surface area contributed by atoms with Gasteiger partial charge >= 0.3 is 0 Å². The van der Waals surface area contributed by atoms with E-state index in [0.717, 1.165) is 25.7 Å². The van der Waals surface area contributed by atoms with Gasteiger partial charge in [0.15, 0.2) is 5.76 Å². The number of benzene rings is 1. The van der Waals surface area contributed by atoms with Gasteiger partial charge in [-0.3, -0.25) is 9.59 Å². The lowest BCUT2D eigenvalue weighted by Crippen LogP contribution is -2.49. The average Bonchev–Trinajstić information content (AvgIpc) is 3.28. The molecule has 0 spiro atoms. The highest BCUT2D eigenvalue weighted by Crippen LogP contribution is 2.29. The average molecular weight is 328 g/mol. The van der Waals surface area contributed by atoms with Crippen molar-refractivity contribution in [1.82, 2.24) is 5.32 Å². The third kappa shape index (κ3) is 3.49. The molecule has 1 aliphatic carbocycles. The van der Waals surface area contributed by atoms with Crippen LogP contribution < -0.4 is 10.6 Å². The molecule has 6 nitrogen and oxygen atoms in total. The van der Waals surface area contributed by atoms with Crippen molar-refractivity contribution in [1.29, 1.82) is 0 Å². The number of aliphatic hydroxyl groups excluding tert-OH is 1. The number of hydrogen-bond acceptors (Lipinski definition) is 4. The Morgan fingerprint density at radius 2 is 1.79 bits per heavy atom. The van der Waals surface area contributed by atoms with Crippen LogP contribution in [0.3, 0.4) is 0 Å². The Hall–Kier alpha value is -2.60. The van der Waals surface area contributed by atoms with E-state index in [0.29, 0.717) is 11.3 Å². The number of furan rings is 1. The van der Waals surface area contributed by atoms with Crippen LogP contribution in [0.4, 0.5) is 5.69 Å². The first-order valence-electron chi connectivity index (χ1n) is 8.00. The highest BCUT2D eigenvalue weighted by Gasteiger charge is 2.34. The normalized spacial score (nSPS) is 15.9. The molecular formula is C18H20N2O4. The maximum Gasteiger partial charge on any atom is 0.291 e. The van der Waals surface area contributed by atoms with Gasteiger partial charge in [0.1, 0.15) is 0 Å². The summed E-state index contributed by atoms with van der Waals surface area (Å²) in [5.41, 5.74) is 0.569. The smallest absolute Gasteiger partial charge is 0.291 e. The minimum Gasteiger partial charge on any atom is -0.459 e. The summed E-state index contributed by atoms with van der Waals surface area (Å²) in [6.45, 7) is -0.0456. The molecule has 0 aliphatic heterocycles. The fraction of sp³-hybridized carbons (Fsp3) is 0.333. The third-order valence-electron chi connectivity index (χ3n) is 4.39. The summed E-state index contributed by atoms with van der Waals surface area (Å²) < 4.78 is 5.03. The summed E-state index contributed by atoms with van der Waals surface area (Å²) in [6.07, 6.45) is 5.05. The summed E-state index contributed by atoms with van der Waals surface area (Å²) in [4.78, 5) is 24.3. The molecule has 3 rings (SSSR count). The topological polar surface area (TPSA) is 91.6 Å². The number of carbonyl (C=O) groups excluding carboxylic acids is 2. The monoisotopic (exact) mass is 328 g/mol. The van der Waals surface area contributed by atoms with E-state index in [1.165, 1.54) is 6.26 Å². The lowest BCUT2D eigenvalue weighted by molar-refractivity contribution is 0.0838. The second-order valence-corrected chi connectivity index (χ2v) is 6.11. The zero-order valence-electron chi connectivity index (χ0n) is 13.2. The number of carbonyl (C=O) groups is 2. The van der Waals surface area contributed by atoms with Crippen LogP contribution in [0.2, 0.25) is 0 Å². The first kappa shape index (κ1) is 16.3. The highest BCUT2D eigenvalue weighted by molar-refractivity contribution is 6.02. The number of amides is 2. The second-order valence-electron chi connectivity index (χ2n) is 6.11. The fourth-order valence-corrected chi connectivity index (χ4v) is 2.99. The van der Waals surface area contributed by atoms with Crippen LogP contribution in [-0.2, 0) is 0 Å². The Balaban J connectivity index is 1.63. The van der Waals surface area contributed by atoms with E-state index in [1.807, 2.05) is 0 Å². The largest absolute Gasteiger partial charge is 0.459 e. The van der Waals surface area contributed by atoms with Crippen molar-refractivity contribution >= 4 is 17.5 Å². The van der Waals surface area contributed by atoms with Gasteiger partial charge in [-0.15, -0.1) is 0 Å². The summed E-state index contributed by atoms with van der Waals surface area (Å²) in [5, 5.41) is 15.2. The van der Waals surface area contributed by atoms with Crippen molar-refractivity contribution in [3.05, 3.63) is 54.0 Å². The lowest BCUT2D eigenvalue weighted by Gasteiger charge is -2.28. The van der Waals surface area contributed by atoms with Crippen molar-refractivity contribution in [2.75, 3.05) is 11.9 Å². The molecule has 24 heavy (non-hydrogen) atoms. The van der Waals surface area contributed by atoms with E-state index in [2.05, 4.69) is 10.6 Å². The molecule has 2 aromatic rings. The summed E-state index contributed by atoms with van der Waals surface area (Å²) >= 11 is 0. The van der Waals surface area contributed by atoms with Gasteiger partial charge in [-0.2, -0.15) is 0 Å². The Morgan fingerprint density at radius 3 is 2.38 bits per heavy atom. The molecule has 1 fully saturated rings. The van der Waals surface area contributed by atoms with E-state index in [9.17, 15) is 14.7 Å². The predicted molar refractivity (Wildman–Crippen MR) is 88.9 cm³/mol. The SMILES string of the molecule is O=C(NC1(CO)CCCC1)c1ccc(NC(=O)c2ccco2)cc1. The molecule has 0 unspecified atom stereocenters. The van der Waals surface area contributed by atoms with Crippen LogP contribution >= 0.6 is 0 Å². The molecule has 0 atom stereocenters. The van der Waals surface area contributed by atoms with Gasteiger partial charge in [0, 0.05) is 11.3 Å². The van der Waals surface area contributed by atoms with Gasteiger partial charge in [0.25, 0.3) is 11.8 Å². The molecule has 0 radical (unpaired) electrons. The summed E-state index contributed by atoms with van der Waals surface area (Å²) in [7, 11) is 0. The van der Waals surface area contributed by atoms with Gasteiger partial charge in [-0.1, -0.05) is 12.8 Å². The maximum absolute atomic E-state index is 12.4. The van der Waals surface area contributed by atoms with E-state index in [4.69, 9.17) is 4.42 Å². The van der Waals surface area contributed by atoms with Crippen molar-refractivity contribution in [2.24, 2.45) is 0 Å². The van der Waals surface area contributed by atoms with Crippen LogP contribution in [0.1, 0.15) is 46.6 Å². The summed E-state index contributed by atoms with van der Waals surface area (Å²) in [6, 6.07) is 9.84. The van der Waals surface area contributed by atoms with Crippen molar-refractivity contribution < 1.29 is 19.1 Å². The molecule has 2 amide bonds. The van der Waals surface area contributed by atoms with E-state index in [1.54, 1.807) is 36.4 Å². The Morgan fingerprint density at radius 1 is 1.08 bits per heavy atom. The Kier molecular flexibility index (Phi) is 4.66. The molecule has 1 heterocycles. The standard InChI is InChI=1S/C18H20N2O4/c21-12-18(9-1-2-10-18)20-16(22)13-5-7-14(8-6-13)19-17(23)15-4-3-11-24-15/h3-8,11,21H,1-2,9-10,12H2,(H,19,23)(H,20,22). The number of aliphatic hydroxyl groups is 1. The summed E-state index contributed by atoms with van der Waals surface area (Å²) in [5.74, 6) is -0.333. The van der Waals surface area contributed by atoms with Crippen LogP contribution in [0, 0.1) is 0 Å². The molecule has 1 aromatic carbocycles. The van der Waals surface area contributed by atoms with Gasteiger partial charge < -0.3 is 20.2 Å². The molecule has 126 valence electrons. The van der Waals surface area contributed by atoms with Crippen LogP contribution in [0.5, 0.6) is 0 Å². The van der Waals surface area contributed by atoms with Gasteiger partial charge in [0.2, 0.25) is 0 Å². The molecule has 6 heteroatoms. The Bertz CT molecular complexity index is 701. The minimum absolute atomic E-state index is 0.0456. The molecule has 1 aliphatic rings. The van der Waals surface area contributed by atoms with Gasteiger partial charge in [-0.25, -0.2) is 0 Å².